The van der Waals surface area contributed by atoms with E-state index >= 15 is 0 Å². The van der Waals surface area contributed by atoms with E-state index in [-0.39, 0.29) is 17.3 Å². The lowest BCUT2D eigenvalue weighted by Crippen LogP contribution is -2.31. The van der Waals surface area contributed by atoms with Gasteiger partial charge in [0, 0.05) is 18.7 Å². The zero-order valence-corrected chi connectivity index (χ0v) is 24.2. The Morgan fingerprint density at radius 3 is 2.00 bits per heavy atom. The van der Waals surface area contributed by atoms with Crippen molar-refractivity contribution in [3.8, 4) is 0 Å². The van der Waals surface area contributed by atoms with Crippen LogP contribution in [0.5, 0.6) is 0 Å². The molecule has 40 heavy (non-hydrogen) atoms. The smallest absolute Gasteiger partial charge is 0.260 e. The van der Waals surface area contributed by atoms with Gasteiger partial charge in [-0.1, -0.05) is 98.0 Å². The third kappa shape index (κ3) is 5.84. The van der Waals surface area contributed by atoms with Gasteiger partial charge in [-0.2, -0.15) is 4.31 Å². The Bertz CT molecular complexity index is 1700. The first-order valence-electron chi connectivity index (χ1n) is 13.3. The molecule has 1 amide bonds. The fraction of sp³-hybridized carbons (Fsp3) is 0.188. The van der Waals surface area contributed by atoms with Crippen LogP contribution in [0.15, 0.2) is 108 Å². The fourth-order valence-corrected chi connectivity index (χ4v) is 7.06. The number of hydrogen-bond donors (Lipinski definition) is 0. The predicted octanol–water partition coefficient (Wildman–Crippen LogP) is 6.92. The minimum Gasteiger partial charge on any atom is -0.279 e. The molecule has 0 bridgehead atoms. The van der Waals surface area contributed by atoms with E-state index < -0.39 is 10.0 Å². The first-order chi connectivity index (χ1) is 19.4. The van der Waals surface area contributed by atoms with E-state index in [9.17, 15) is 13.2 Å². The number of para-hydroxylation sites is 1. The zero-order valence-electron chi connectivity index (χ0n) is 22.5. The number of carbonyl (C=O) groups excluding carboxylic acids is 1. The topological polar surface area (TPSA) is 70.6 Å². The third-order valence-electron chi connectivity index (χ3n) is 6.83. The van der Waals surface area contributed by atoms with E-state index in [1.54, 1.807) is 17.0 Å². The lowest BCUT2D eigenvalue weighted by molar-refractivity contribution is 0.0985. The summed E-state index contributed by atoms with van der Waals surface area (Å²) in [4.78, 5) is 20.6. The third-order valence-corrected chi connectivity index (χ3v) is 9.80. The number of fused-ring (bicyclic) bond motifs is 1. The van der Waals surface area contributed by atoms with Crippen molar-refractivity contribution in [2.45, 2.75) is 38.3 Å². The van der Waals surface area contributed by atoms with Crippen LogP contribution in [0.3, 0.4) is 0 Å². The Morgan fingerprint density at radius 1 is 0.775 bits per heavy atom. The second kappa shape index (κ2) is 12.1. The fourth-order valence-electron chi connectivity index (χ4n) is 4.62. The molecule has 4 aromatic carbocycles. The standard InChI is InChI=1S/C32H31N3O3S2/c1-3-26-16-11-17-29-30(26)33-32(39-29)35(23-25-14-9-6-10-15-25)31(36)27-18-20-28(21-19-27)40(37,38)34(4-2)22-24-12-7-5-8-13-24/h5-21H,3-4,22-23H2,1-2H3. The molecule has 0 aliphatic heterocycles. The van der Waals surface area contributed by atoms with E-state index in [0.29, 0.717) is 23.8 Å². The monoisotopic (exact) mass is 569 g/mol. The quantitative estimate of drug-likeness (QED) is 0.183. The lowest BCUT2D eigenvalue weighted by atomic mass is 10.1. The predicted molar refractivity (Wildman–Crippen MR) is 162 cm³/mol. The summed E-state index contributed by atoms with van der Waals surface area (Å²) in [7, 11) is -3.74. The summed E-state index contributed by atoms with van der Waals surface area (Å²) < 4.78 is 29.3. The maximum Gasteiger partial charge on any atom is 0.260 e. The van der Waals surface area contributed by atoms with Crippen molar-refractivity contribution < 1.29 is 13.2 Å². The molecule has 0 spiro atoms. The van der Waals surface area contributed by atoms with Gasteiger partial charge in [0.15, 0.2) is 5.13 Å². The summed E-state index contributed by atoms with van der Waals surface area (Å²) in [6, 6.07) is 31.6. The Balaban J connectivity index is 1.45. The molecule has 0 aliphatic rings. The molecule has 0 fully saturated rings. The largest absolute Gasteiger partial charge is 0.279 e. The summed E-state index contributed by atoms with van der Waals surface area (Å²) >= 11 is 1.48. The van der Waals surface area contributed by atoms with Gasteiger partial charge in [-0.15, -0.1) is 0 Å². The number of aryl methyl sites for hydroxylation is 1. The highest BCUT2D eigenvalue weighted by atomic mass is 32.2. The Labute approximate surface area is 239 Å². The van der Waals surface area contributed by atoms with Crippen LogP contribution in [0.1, 0.15) is 40.9 Å². The number of benzene rings is 4. The molecule has 0 unspecified atom stereocenters. The van der Waals surface area contributed by atoms with Gasteiger partial charge in [0.1, 0.15) is 0 Å². The molecule has 0 saturated heterocycles. The van der Waals surface area contributed by atoms with Gasteiger partial charge >= 0.3 is 0 Å². The minimum absolute atomic E-state index is 0.156. The SMILES string of the molecule is CCc1cccc2sc(N(Cc3ccccc3)C(=O)c3ccc(S(=O)(=O)N(CC)Cc4ccccc4)cc3)nc12. The highest BCUT2D eigenvalue weighted by Gasteiger charge is 2.26. The first kappa shape index (κ1) is 27.7. The molecule has 5 aromatic rings. The normalized spacial score (nSPS) is 11.7. The van der Waals surface area contributed by atoms with Gasteiger partial charge < -0.3 is 0 Å². The maximum absolute atomic E-state index is 13.9. The van der Waals surface area contributed by atoms with Crippen LogP contribution in [0.4, 0.5) is 5.13 Å². The molecule has 1 heterocycles. The van der Waals surface area contributed by atoms with Crippen LogP contribution >= 0.6 is 11.3 Å². The summed E-state index contributed by atoms with van der Waals surface area (Å²) in [6.45, 7) is 4.88. The van der Waals surface area contributed by atoms with Crippen molar-refractivity contribution >= 4 is 42.6 Å². The number of sulfonamides is 1. The maximum atomic E-state index is 13.9. The van der Waals surface area contributed by atoms with E-state index in [1.165, 1.54) is 27.8 Å². The average molecular weight is 570 g/mol. The highest BCUT2D eigenvalue weighted by molar-refractivity contribution is 7.89. The molecule has 8 heteroatoms. The van der Waals surface area contributed by atoms with Gasteiger partial charge in [0.2, 0.25) is 10.0 Å². The van der Waals surface area contributed by atoms with Crippen molar-refractivity contribution in [1.82, 2.24) is 9.29 Å². The summed E-state index contributed by atoms with van der Waals surface area (Å²) in [5.41, 5.74) is 4.34. The first-order valence-corrected chi connectivity index (χ1v) is 15.5. The molecule has 204 valence electrons. The average Bonchev–Trinajstić information content (AvgIpc) is 3.43. The molecule has 0 N–H and O–H groups in total. The second-order valence-electron chi connectivity index (χ2n) is 9.43. The van der Waals surface area contributed by atoms with E-state index in [0.717, 1.165) is 33.3 Å². The second-order valence-corrected chi connectivity index (χ2v) is 12.4. The number of amides is 1. The van der Waals surface area contributed by atoms with Crippen LogP contribution in [-0.4, -0.2) is 30.2 Å². The van der Waals surface area contributed by atoms with Crippen molar-refractivity contribution in [3.63, 3.8) is 0 Å². The Morgan fingerprint density at radius 2 is 1.40 bits per heavy atom. The summed E-state index contributed by atoms with van der Waals surface area (Å²) in [6.07, 6.45) is 0.849. The molecule has 0 aliphatic carbocycles. The van der Waals surface area contributed by atoms with Crippen LogP contribution in [0, 0.1) is 0 Å². The van der Waals surface area contributed by atoms with Gasteiger partial charge in [-0.3, -0.25) is 9.69 Å². The van der Waals surface area contributed by atoms with E-state index in [4.69, 9.17) is 4.98 Å². The van der Waals surface area contributed by atoms with E-state index in [2.05, 4.69) is 13.0 Å². The van der Waals surface area contributed by atoms with Gasteiger partial charge in [-0.05, 0) is 53.4 Å². The zero-order chi connectivity index (χ0) is 28.1. The van der Waals surface area contributed by atoms with Crippen molar-refractivity contribution in [3.05, 3.63) is 125 Å². The number of anilines is 1. The Hall–Kier alpha value is -3.85. The molecule has 6 nitrogen and oxygen atoms in total. The number of hydrogen-bond acceptors (Lipinski definition) is 5. The molecule has 0 radical (unpaired) electrons. The summed E-state index contributed by atoms with van der Waals surface area (Å²) in [5, 5.41) is 0.612. The summed E-state index contributed by atoms with van der Waals surface area (Å²) in [5.74, 6) is -0.235. The van der Waals surface area contributed by atoms with Crippen molar-refractivity contribution in [1.29, 1.82) is 0 Å². The molecule has 1 aromatic heterocycles. The van der Waals surface area contributed by atoms with Gasteiger partial charge in [0.25, 0.3) is 5.91 Å². The molecule has 0 atom stereocenters. The minimum atomic E-state index is -3.74. The number of nitrogens with zero attached hydrogens (tertiary/aromatic N) is 3. The molecular formula is C32H31N3O3S2. The van der Waals surface area contributed by atoms with Gasteiger partial charge in [0.05, 0.1) is 21.7 Å². The van der Waals surface area contributed by atoms with E-state index in [1.807, 2.05) is 79.7 Å². The van der Waals surface area contributed by atoms with Gasteiger partial charge in [-0.25, -0.2) is 13.4 Å². The van der Waals surface area contributed by atoms with Crippen LogP contribution in [0.25, 0.3) is 10.2 Å². The number of carbonyl (C=O) groups is 1. The molecule has 0 saturated carbocycles. The molecular weight excluding hydrogens is 539 g/mol. The highest BCUT2D eigenvalue weighted by Crippen LogP contribution is 2.33. The Kier molecular flexibility index (Phi) is 8.40. The van der Waals surface area contributed by atoms with Crippen LogP contribution in [0.2, 0.25) is 0 Å². The van der Waals surface area contributed by atoms with Crippen LogP contribution < -0.4 is 4.90 Å². The van der Waals surface area contributed by atoms with Crippen LogP contribution in [-0.2, 0) is 29.5 Å². The number of aromatic nitrogens is 1. The van der Waals surface area contributed by atoms with Crippen molar-refractivity contribution in [2.24, 2.45) is 0 Å². The van der Waals surface area contributed by atoms with Crippen molar-refractivity contribution in [2.75, 3.05) is 11.4 Å². The number of thiazole rings is 1. The number of rotatable bonds is 10. The molecule has 5 rings (SSSR count). The lowest BCUT2D eigenvalue weighted by Gasteiger charge is -2.22.